The smallest absolute Gasteiger partial charge is 0.333 e. The summed E-state index contributed by atoms with van der Waals surface area (Å²) in [5.41, 5.74) is 7.06. The Bertz CT molecular complexity index is 679. The number of nitrogens with two attached hydrogens (primary N) is 1. The summed E-state index contributed by atoms with van der Waals surface area (Å²) in [6.07, 6.45) is 1.54. The number of hydrogen-bond donors (Lipinski definition) is 3. The minimum absolute atomic E-state index is 0.0875. The second-order valence-corrected chi connectivity index (χ2v) is 4.90. The summed E-state index contributed by atoms with van der Waals surface area (Å²) in [7, 11) is 0. The van der Waals surface area contributed by atoms with Crippen molar-refractivity contribution in [1.29, 1.82) is 0 Å². The van der Waals surface area contributed by atoms with Crippen LogP contribution in [0.4, 0.5) is 5.69 Å². The van der Waals surface area contributed by atoms with Crippen LogP contribution in [-0.4, -0.2) is 28.5 Å². The number of aromatic nitrogens is 2. The SMILES string of the molecule is Nc1ccc2c(c1)[nH]c(=O)n2C(=O)C1CCNCC1. The first-order valence-corrected chi connectivity index (χ1v) is 6.42. The summed E-state index contributed by atoms with van der Waals surface area (Å²) >= 11 is 0. The Morgan fingerprint density at radius 3 is 2.79 bits per heavy atom. The van der Waals surface area contributed by atoms with Crippen molar-refractivity contribution in [2.24, 2.45) is 5.92 Å². The molecule has 0 saturated carbocycles. The van der Waals surface area contributed by atoms with Gasteiger partial charge in [-0.3, -0.25) is 4.79 Å². The number of carbonyl (C=O) groups is 1. The molecule has 0 bridgehead atoms. The van der Waals surface area contributed by atoms with E-state index in [0.29, 0.717) is 16.7 Å². The molecule has 6 nitrogen and oxygen atoms in total. The van der Waals surface area contributed by atoms with Gasteiger partial charge in [-0.25, -0.2) is 9.36 Å². The molecule has 0 aliphatic carbocycles. The zero-order valence-electron chi connectivity index (χ0n) is 10.5. The van der Waals surface area contributed by atoms with E-state index >= 15 is 0 Å². The first-order valence-electron chi connectivity index (χ1n) is 6.42. The number of carbonyl (C=O) groups excluding carboxylic acids is 1. The van der Waals surface area contributed by atoms with Gasteiger partial charge in [-0.1, -0.05) is 0 Å². The standard InChI is InChI=1S/C13H16N4O2/c14-9-1-2-11-10(7-9)16-13(19)17(11)12(18)8-3-5-15-6-4-8/h1-2,7-8,15H,3-6,14H2,(H,16,19). The fourth-order valence-corrected chi connectivity index (χ4v) is 2.60. The Hall–Kier alpha value is -2.08. The molecule has 0 atom stereocenters. The highest BCUT2D eigenvalue weighted by Gasteiger charge is 2.25. The average Bonchev–Trinajstić information content (AvgIpc) is 2.74. The van der Waals surface area contributed by atoms with Crippen LogP contribution in [0.3, 0.4) is 0 Å². The highest BCUT2D eigenvalue weighted by atomic mass is 16.2. The van der Waals surface area contributed by atoms with Gasteiger partial charge in [0.25, 0.3) is 0 Å². The highest BCUT2D eigenvalue weighted by Crippen LogP contribution is 2.18. The lowest BCUT2D eigenvalue weighted by atomic mass is 9.97. The summed E-state index contributed by atoms with van der Waals surface area (Å²) in [4.78, 5) is 27.1. The van der Waals surface area contributed by atoms with Crippen molar-refractivity contribution < 1.29 is 4.79 Å². The minimum Gasteiger partial charge on any atom is -0.399 e. The molecule has 0 unspecified atom stereocenters. The predicted octanol–water partition coefficient (Wildman–Crippen LogP) is 0.552. The number of anilines is 1. The second kappa shape index (κ2) is 4.55. The molecule has 19 heavy (non-hydrogen) atoms. The fraction of sp³-hybridized carbons (Fsp3) is 0.385. The van der Waals surface area contributed by atoms with Crippen LogP contribution >= 0.6 is 0 Å². The summed E-state index contributed by atoms with van der Waals surface area (Å²) in [6.45, 7) is 1.64. The molecule has 0 amide bonds. The maximum Gasteiger partial charge on any atom is 0.333 e. The van der Waals surface area contributed by atoms with E-state index in [0.717, 1.165) is 25.9 Å². The Morgan fingerprint density at radius 2 is 2.05 bits per heavy atom. The Balaban J connectivity index is 2.06. The van der Waals surface area contributed by atoms with Gasteiger partial charge in [0.05, 0.1) is 11.0 Å². The maximum atomic E-state index is 12.5. The van der Waals surface area contributed by atoms with Crippen LogP contribution in [0.2, 0.25) is 0 Å². The van der Waals surface area contributed by atoms with Crippen molar-refractivity contribution >= 4 is 22.6 Å². The van der Waals surface area contributed by atoms with E-state index in [-0.39, 0.29) is 17.5 Å². The zero-order chi connectivity index (χ0) is 13.4. The third-order valence-electron chi connectivity index (χ3n) is 3.61. The van der Waals surface area contributed by atoms with E-state index in [2.05, 4.69) is 10.3 Å². The normalized spacial score (nSPS) is 16.8. The van der Waals surface area contributed by atoms with Crippen LogP contribution in [0, 0.1) is 5.92 Å². The molecule has 1 aliphatic rings. The number of imidazole rings is 1. The van der Waals surface area contributed by atoms with Crippen molar-refractivity contribution in [1.82, 2.24) is 14.9 Å². The van der Waals surface area contributed by atoms with E-state index in [1.165, 1.54) is 4.57 Å². The van der Waals surface area contributed by atoms with Gasteiger partial charge < -0.3 is 16.0 Å². The third kappa shape index (κ3) is 2.04. The van der Waals surface area contributed by atoms with E-state index < -0.39 is 0 Å². The number of aromatic amines is 1. The molecule has 0 radical (unpaired) electrons. The molecule has 3 rings (SSSR count). The summed E-state index contributed by atoms with van der Waals surface area (Å²) in [5, 5.41) is 3.21. The van der Waals surface area contributed by atoms with Crippen molar-refractivity contribution in [2.75, 3.05) is 18.8 Å². The molecule has 6 heteroatoms. The molecule has 1 aromatic heterocycles. The molecule has 100 valence electrons. The number of hydrogen-bond acceptors (Lipinski definition) is 4. The van der Waals surface area contributed by atoms with Crippen LogP contribution in [0.15, 0.2) is 23.0 Å². The Labute approximate surface area is 109 Å². The number of piperidine rings is 1. The number of H-pyrrole nitrogens is 1. The van der Waals surface area contributed by atoms with E-state index in [4.69, 9.17) is 5.73 Å². The number of nitrogens with zero attached hydrogens (tertiary/aromatic N) is 1. The molecule has 0 spiro atoms. The predicted molar refractivity (Wildman–Crippen MR) is 73.2 cm³/mol. The highest BCUT2D eigenvalue weighted by molar-refractivity contribution is 5.92. The minimum atomic E-state index is -0.385. The molecule has 4 N–H and O–H groups in total. The molecule has 1 aromatic carbocycles. The summed E-state index contributed by atoms with van der Waals surface area (Å²) in [5.74, 6) is -0.210. The number of nitrogens with one attached hydrogen (secondary N) is 2. The lowest BCUT2D eigenvalue weighted by molar-refractivity contribution is 0.0809. The first kappa shape index (κ1) is 12.0. The van der Waals surface area contributed by atoms with Gasteiger partial charge in [0.1, 0.15) is 0 Å². The van der Waals surface area contributed by atoms with Crippen molar-refractivity contribution in [3.8, 4) is 0 Å². The van der Waals surface area contributed by atoms with Gasteiger partial charge in [0.15, 0.2) is 0 Å². The van der Waals surface area contributed by atoms with Crippen LogP contribution < -0.4 is 16.7 Å². The van der Waals surface area contributed by atoms with E-state index in [1.54, 1.807) is 18.2 Å². The summed E-state index contributed by atoms with van der Waals surface area (Å²) < 4.78 is 1.24. The van der Waals surface area contributed by atoms with E-state index in [1.807, 2.05) is 0 Å². The number of nitrogen functional groups attached to an aromatic ring is 1. The monoisotopic (exact) mass is 260 g/mol. The van der Waals surface area contributed by atoms with Crippen LogP contribution in [-0.2, 0) is 0 Å². The maximum absolute atomic E-state index is 12.5. The average molecular weight is 260 g/mol. The van der Waals surface area contributed by atoms with Crippen LogP contribution in [0.5, 0.6) is 0 Å². The lowest BCUT2D eigenvalue weighted by Gasteiger charge is -2.21. The molecular formula is C13H16N4O2. The van der Waals surface area contributed by atoms with Crippen molar-refractivity contribution in [3.05, 3.63) is 28.7 Å². The van der Waals surface area contributed by atoms with Gasteiger partial charge in [-0.15, -0.1) is 0 Å². The number of rotatable bonds is 1. The molecular weight excluding hydrogens is 244 g/mol. The van der Waals surface area contributed by atoms with E-state index in [9.17, 15) is 9.59 Å². The quantitative estimate of drug-likeness (QED) is 0.653. The van der Waals surface area contributed by atoms with Gasteiger partial charge in [-0.05, 0) is 44.1 Å². The van der Waals surface area contributed by atoms with Crippen LogP contribution in [0.25, 0.3) is 11.0 Å². The molecule has 2 heterocycles. The summed E-state index contributed by atoms with van der Waals surface area (Å²) in [6, 6.07) is 5.08. The number of benzene rings is 1. The van der Waals surface area contributed by atoms with Crippen molar-refractivity contribution in [3.63, 3.8) is 0 Å². The van der Waals surface area contributed by atoms with Gasteiger partial charge in [0, 0.05) is 11.6 Å². The van der Waals surface area contributed by atoms with Gasteiger partial charge in [-0.2, -0.15) is 0 Å². The second-order valence-electron chi connectivity index (χ2n) is 4.90. The van der Waals surface area contributed by atoms with Gasteiger partial charge in [0.2, 0.25) is 5.91 Å². The molecule has 1 saturated heterocycles. The first-order chi connectivity index (χ1) is 9.16. The topological polar surface area (TPSA) is 92.9 Å². The van der Waals surface area contributed by atoms with Crippen molar-refractivity contribution in [2.45, 2.75) is 12.8 Å². The lowest BCUT2D eigenvalue weighted by Crippen LogP contribution is -2.37. The third-order valence-corrected chi connectivity index (χ3v) is 3.61. The number of fused-ring (bicyclic) bond motifs is 1. The van der Waals surface area contributed by atoms with Gasteiger partial charge >= 0.3 is 5.69 Å². The Morgan fingerprint density at radius 1 is 1.32 bits per heavy atom. The molecule has 2 aromatic rings. The molecule has 1 fully saturated rings. The van der Waals surface area contributed by atoms with Crippen LogP contribution in [0.1, 0.15) is 17.6 Å². The Kier molecular flexibility index (Phi) is 2.87. The molecule has 1 aliphatic heterocycles. The zero-order valence-corrected chi connectivity index (χ0v) is 10.5. The largest absolute Gasteiger partial charge is 0.399 e. The fourth-order valence-electron chi connectivity index (χ4n) is 2.60.